The molecule has 78 valence electrons. The lowest BCUT2D eigenvalue weighted by atomic mass is 9.95. The number of nitrogens with two attached hydrogens (primary N) is 1. The van der Waals surface area contributed by atoms with Crippen LogP contribution in [0.2, 0.25) is 0 Å². The molecular formula is C10H14BrNOS. The van der Waals surface area contributed by atoms with E-state index < -0.39 is 0 Å². The predicted octanol–water partition coefficient (Wildman–Crippen LogP) is 2.94. The van der Waals surface area contributed by atoms with Gasteiger partial charge in [-0.1, -0.05) is 6.92 Å². The summed E-state index contributed by atoms with van der Waals surface area (Å²) in [7, 11) is 0. The van der Waals surface area contributed by atoms with Crippen molar-refractivity contribution in [3.05, 3.63) is 20.8 Å². The van der Waals surface area contributed by atoms with Gasteiger partial charge in [0.1, 0.15) is 0 Å². The molecule has 3 atom stereocenters. The van der Waals surface area contributed by atoms with Gasteiger partial charge in [-0.2, -0.15) is 11.3 Å². The van der Waals surface area contributed by atoms with E-state index in [1.165, 1.54) is 5.56 Å². The molecule has 0 aromatic carbocycles. The highest BCUT2D eigenvalue weighted by atomic mass is 79.9. The lowest BCUT2D eigenvalue weighted by Crippen LogP contribution is -2.29. The van der Waals surface area contributed by atoms with Crippen LogP contribution in [0, 0.1) is 5.92 Å². The Hall–Kier alpha value is 0.100. The predicted molar refractivity (Wildman–Crippen MR) is 62.5 cm³/mol. The van der Waals surface area contributed by atoms with Crippen molar-refractivity contribution in [3.63, 3.8) is 0 Å². The van der Waals surface area contributed by atoms with E-state index in [9.17, 15) is 0 Å². The van der Waals surface area contributed by atoms with Crippen LogP contribution < -0.4 is 5.73 Å². The van der Waals surface area contributed by atoms with Crippen LogP contribution in [0.4, 0.5) is 0 Å². The quantitative estimate of drug-likeness (QED) is 0.901. The monoisotopic (exact) mass is 275 g/mol. The molecule has 2 rings (SSSR count). The third-order valence-corrected chi connectivity index (χ3v) is 4.55. The summed E-state index contributed by atoms with van der Waals surface area (Å²) in [4.78, 5) is 0. The third kappa shape index (κ3) is 1.89. The highest BCUT2D eigenvalue weighted by Crippen LogP contribution is 2.34. The second kappa shape index (κ2) is 4.31. The number of ether oxygens (including phenoxy) is 1. The zero-order valence-corrected chi connectivity index (χ0v) is 10.5. The molecule has 4 heteroatoms. The van der Waals surface area contributed by atoms with E-state index >= 15 is 0 Å². The normalized spacial score (nSPS) is 29.4. The van der Waals surface area contributed by atoms with Gasteiger partial charge in [-0.3, -0.25) is 0 Å². The zero-order valence-electron chi connectivity index (χ0n) is 8.07. The first kappa shape index (κ1) is 10.6. The van der Waals surface area contributed by atoms with E-state index in [-0.39, 0.29) is 12.1 Å². The van der Waals surface area contributed by atoms with Crippen molar-refractivity contribution in [1.82, 2.24) is 0 Å². The summed E-state index contributed by atoms with van der Waals surface area (Å²) < 4.78 is 6.77. The smallest absolute Gasteiger partial charge is 0.0794 e. The molecule has 2 nitrogen and oxygen atoms in total. The molecule has 0 radical (unpaired) electrons. The second-order valence-electron chi connectivity index (χ2n) is 3.80. The highest BCUT2D eigenvalue weighted by Gasteiger charge is 2.31. The van der Waals surface area contributed by atoms with Crippen molar-refractivity contribution in [1.29, 1.82) is 0 Å². The van der Waals surface area contributed by atoms with Gasteiger partial charge in [0.25, 0.3) is 0 Å². The van der Waals surface area contributed by atoms with E-state index in [1.807, 2.05) is 0 Å². The number of thiophene rings is 1. The third-order valence-electron chi connectivity index (χ3n) is 2.80. The van der Waals surface area contributed by atoms with Crippen molar-refractivity contribution in [2.75, 3.05) is 6.61 Å². The Kier molecular flexibility index (Phi) is 3.27. The Labute approximate surface area is 96.6 Å². The molecule has 0 bridgehead atoms. The summed E-state index contributed by atoms with van der Waals surface area (Å²) in [6.07, 6.45) is 1.31. The van der Waals surface area contributed by atoms with Gasteiger partial charge in [-0.15, -0.1) is 0 Å². The lowest BCUT2D eigenvalue weighted by molar-refractivity contribution is 0.0724. The molecule has 0 aliphatic carbocycles. The second-order valence-corrected chi connectivity index (χ2v) is 5.40. The summed E-state index contributed by atoms with van der Waals surface area (Å²) in [5.41, 5.74) is 7.36. The molecule has 1 aromatic heterocycles. The minimum absolute atomic E-state index is 0.00752. The van der Waals surface area contributed by atoms with Crippen LogP contribution in [0.3, 0.4) is 0 Å². The Morgan fingerprint density at radius 1 is 1.64 bits per heavy atom. The van der Waals surface area contributed by atoms with Gasteiger partial charge in [0, 0.05) is 16.5 Å². The Morgan fingerprint density at radius 3 is 2.93 bits per heavy atom. The summed E-state index contributed by atoms with van der Waals surface area (Å²) in [6.45, 7) is 3.05. The molecule has 2 N–H and O–H groups in total. The first-order valence-electron chi connectivity index (χ1n) is 4.79. The van der Waals surface area contributed by atoms with Gasteiger partial charge >= 0.3 is 0 Å². The molecule has 14 heavy (non-hydrogen) atoms. The fraction of sp³-hybridized carbons (Fsp3) is 0.600. The van der Waals surface area contributed by atoms with E-state index in [0.717, 1.165) is 17.5 Å². The van der Waals surface area contributed by atoms with Crippen LogP contribution in [0.25, 0.3) is 0 Å². The van der Waals surface area contributed by atoms with Crippen LogP contribution in [0.15, 0.2) is 15.2 Å². The van der Waals surface area contributed by atoms with Crippen molar-refractivity contribution >= 4 is 27.3 Å². The first-order chi connectivity index (χ1) is 6.70. The standard InChI is InChI=1S/C10H14BrNOS/c1-6-2-3-13-10(6)9(12)7-4-14-5-8(7)11/h4-6,9-10H,2-3,12H2,1H3. The van der Waals surface area contributed by atoms with E-state index in [4.69, 9.17) is 10.5 Å². The number of hydrogen-bond donors (Lipinski definition) is 1. The molecular weight excluding hydrogens is 262 g/mol. The van der Waals surface area contributed by atoms with Gasteiger partial charge < -0.3 is 10.5 Å². The number of halogens is 1. The number of hydrogen-bond acceptors (Lipinski definition) is 3. The maximum Gasteiger partial charge on any atom is 0.0794 e. The van der Waals surface area contributed by atoms with Gasteiger partial charge in [0.05, 0.1) is 12.1 Å². The van der Waals surface area contributed by atoms with Crippen LogP contribution in [-0.4, -0.2) is 12.7 Å². The molecule has 1 aromatic rings. The fourth-order valence-electron chi connectivity index (χ4n) is 1.88. The van der Waals surface area contributed by atoms with Crippen molar-refractivity contribution in [2.45, 2.75) is 25.5 Å². The largest absolute Gasteiger partial charge is 0.376 e. The van der Waals surface area contributed by atoms with Crippen LogP contribution in [0.1, 0.15) is 24.9 Å². The van der Waals surface area contributed by atoms with E-state index in [0.29, 0.717) is 5.92 Å². The molecule has 0 spiro atoms. The number of rotatable bonds is 2. The highest BCUT2D eigenvalue weighted by molar-refractivity contribution is 9.10. The lowest BCUT2D eigenvalue weighted by Gasteiger charge is -2.22. The summed E-state index contributed by atoms with van der Waals surface area (Å²) in [5, 5.41) is 4.16. The molecule has 3 unspecified atom stereocenters. The topological polar surface area (TPSA) is 35.2 Å². The maximum atomic E-state index is 6.19. The summed E-state index contributed by atoms with van der Waals surface area (Å²) in [5.74, 6) is 0.566. The minimum atomic E-state index is 0.00752. The molecule has 2 heterocycles. The van der Waals surface area contributed by atoms with Gasteiger partial charge in [-0.25, -0.2) is 0 Å². The Bertz CT molecular complexity index is 315. The SMILES string of the molecule is CC1CCOC1C(N)c1cscc1Br. The molecule has 0 saturated carbocycles. The van der Waals surface area contributed by atoms with Crippen LogP contribution in [-0.2, 0) is 4.74 Å². The van der Waals surface area contributed by atoms with E-state index in [2.05, 4.69) is 33.6 Å². The summed E-state index contributed by atoms with van der Waals surface area (Å²) in [6, 6.07) is 0.00752. The van der Waals surface area contributed by atoms with Crippen molar-refractivity contribution < 1.29 is 4.74 Å². The Balaban J connectivity index is 2.15. The van der Waals surface area contributed by atoms with Crippen molar-refractivity contribution in [2.24, 2.45) is 11.7 Å². The van der Waals surface area contributed by atoms with Crippen molar-refractivity contribution in [3.8, 4) is 0 Å². The molecule has 1 aliphatic rings. The molecule has 0 amide bonds. The van der Waals surface area contributed by atoms with Crippen LogP contribution >= 0.6 is 27.3 Å². The molecule has 1 aliphatic heterocycles. The average molecular weight is 276 g/mol. The van der Waals surface area contributed by atoms with Gasteiger partial charge in [-0.05, 0) is 39.2 Å². The summed E-state index contributed by atoms with van der Waals surface area (Å²) >= 11 is 5.18. The van der Waals surface area contributed by atoms with Gasteiger partial charge in [0.2, 0.25) is 0 Å². The minimum Gasteiger partial charge on any atom is -0.376 e. The Morgan fingerprint density at radius 2 is 2.43 bits per heavy atom. The maximum absolute atomic E-state index is 6.19. The zero-order chi connectivity index (χ0) is 10.1. The first-order valence-corrected chi connectivity index (χ1v) is 6.52. The average Bonchev–Trinajstić information content (AvgIpc) is 2.73. The van der Waals surface area contributed by atoms with Crippen LogP contribution in [0.5, 0.6) is 0 Å². The molecule has 1 saturated heterocycles. The van der Waals surface area contributed by atoms with E-state index in [1.54, 1.807) is 11.3 Å². The van der Waals surface area contributed by atoms with Gasteiger partial charge in [0.15, 0.2) is 0 Å². The fourth-order valence-corrected chi connectivity index (χ4v) is 3.49. The molecule has 1 fully saturated rings.